The van der Waals surface area contributed by atoms with Crippen LogP contribution in [0.5, 0.6) is 0 Å². The first kappa shape index (κ1) is 24.2. The van der Waals surface area contributed by atoms with E-state index in [9.17, 15) is 18.0 Å². The maximum absolute atomic E-state index is 13.8. The molecule has 1 N–H and O–H groups in total. The van der Waals surface area contributed by atoms with Gasteiger partial charge in [-0.2, -0.15) is 13.2 Å². The van der Waals surface area contributed by atoms with Crippen LogP contribution in [0.15, 0.2) is 24.4 Å². The molecule has 2 aliphatic heterocycles. The smallest absolute Gasteiger partial charge is 0.379 e. The molecule has 0 spiro atoms. The molecular formula is C24H32F3N3O3. The highest BCUT2D eigenvalue weighted by atomic mass is 19.4. The number of carbonyl (C=O) groups is 1. The minimum Gasteiger partial charge on any atom is -0.379 e. The molecule has 1 aromatic heterocycles. The fourth-order valence-electron chi connectivity index (χ4n) is 5.19. The Morgan fingerprint density at radius 2 is 2.18 bits per heavy atom. The van der Waals surface area contributed by atoms with E-state index in [0.717, 1.165) is 18.7 Å². The Morgan fingerprint density at radius 3 is 2.88 bits per heavy atom. The van der Waals surface area contributed by atoms with Gasteiger partial charge in [-0.15, -0.1) is 0 Å². The summed E-state index contributed by atoms with van der Waals surface area (Å²) in [5.74, 6) is 0.0124. The third kappa shape index (κ3) is 4.81. The van der Waals surface area contributed by atoms with Gasteiger partial charge in [-0.25, -0.2) is 0 Å². The van der Waals surface area contributed by atoms with Crippen molar-refractivity contribution in [2.75, 3.05) is 26.9 Å². The quantitative estimate of drug-likeness (QED) is 0.673. The lowest BCUT2D eigenvalue weighted by molar-refractivity contribution is -0.143. The van der Waals surface area contributed by atoms with Gasteiger partial charge in [0, 0.05) is 57.2 Å². The Balaban J connectivity index is 1.49. The van der Waals surface area contributed by atoms with Gasteiger partial charge >= 0.3 is 6.18 Å². The highest BCUT2D eigenvalue weighted by Gasteiger charge is 2.47. The summed E-state index contributed by atoms with van der Waals surface area (Å²) >= 11 is 0. The van der Waals surface area contributed by atoms with Gasteiger partial charge in [0.1, 0.15) is 0 Å². The van der Waals surface area contributed by atoms with Crippen molar-refractivity contribution in [2.45, 2.75) is 64.0 Å². The molecule has 0 unspecified atom stereocenters. The molecule has 1 aromatic rings. The van der Waals surface area contributed by atoms with E-state index in [1.54, 1.807) is 12.0 Å². The second-order valence-electron chi connectivity index (χ2n) is 9.58. The largest absolute Gasteiger partial charge is 0.417 e. The van der Waals surface area contributed by atoms with Crippen LogP contribution in [0.1, 0.15) is 43.5 Å². The summed E-state index contributed by atoms with van der Waals surface area (Å²) in [7, 11) is 1.67. The Bertz CT molecular complexity index is 905. The van der Waals surface area contributed by atoms with Crippen molar-refractivity contribution in [1.29, 1.82) is 0 Å². The van der Waals surface area contributed by atoms with Crippen molar-refractivity contribution < 1.29 is 27.4 Å². The lowest BCUT2D eigenvalue weighted by Gasteiger charge is -2.39. The Hall–Kier alpha value is -1.97. The van der Waals surface area contributed by atoms with Crippen LogP contribution in [0, 0.1) is 11.3 Å². The molecule has 0 saturated carbocycles. The van der Waals surface area contributed by atoms with E-state index < -0.39 is 17.2 Å². The summed E-state index contributed by atoms with van der Waals surface area (Å²) in [5, 5.41) is 3.63. The highest BCUT2D eigenvalue weighted by molar-refractivity contribution is 5.86. The van der Waals surface area contributed by atoms with Crippen LogP contribution in [-0.2, 0) is 33.4 Å². The molecule has 0 radical (unpaired) electrons. The molecule has 182 valence electrons. The van der Waals surface area contributed by atoms with Crippen molar-refractivity contribution in [1.82, 2.24) is 15.2 Å². The fourth-order valence-corrected chi connectivity index (χ4v) is 5.19. The van der Waals surface area contributed by atoms with E-state index in [4.69, 9.17) is 9.47 Å². The van der Waals surface area contributed by atoms with Gasteiger partial charge in [-0.3, -0.25) is 9.78 Å². The first-order valence-corrected chi connectivity index (χ1v) is 11.5. The van der Waals surface area contributed by atoms with Gasteiger partial charge in [-0.1, -0.05) is 26.0 Å². The van der Waals surface area contributed by atoms with Crippen LogP contribution in [0.3, 0.4) is 0 Å². The number of nitrogens with one attached hydrogen (secondary N) is 1. The van der Waals surface area contributed by atoms with Gasteiger partial charge in [0.05, 0.1) is 23.7 Å². The Kier molecular flexibility index (Phi) is 6.85. The third-order valence-electron chi connectivity index (χ3n) is 7.30. The predicted molar refractivity (Wildman–Crippen MR) is 116 cm³/mol. The molecule has 1 amide bonds. The summed E-state index contributed by atoms with van der Waals surface area (Å²) in [5.41, 5.74) is -0.358. The van der Waals surface area contributed by atoms with Gasteiger partial charge in [-0.05, 0) is 30.4 Å². The van der Waals surface area contributed by atoms with Crippen molar-refractivity contribution in [3.8, 4) is 0 Å². The fraction of sp³-hybridized carbons (Fsp3) is 0.667. The molecule has 6 nitrogen and oxygen atoms in total. The molecule has 3 aliphatic rings. The number of ether oxygens (including phenoxy) is 2. The number of fused-ring (bicyclic) bond motifs is 1. The lowest BCUT2D eigenvalue weighted by Crippen LogP contribution is -2.52. The van der Waals surface area contributed by atoms with Crippen molar-refractivity contribution in [2.24, 2.45) is 11.3 Å². The van der Waals surface area contributed by atoms with Crippen LogP contribution < -0.4 is 5.32 Å². The number of carbonyl (C=O) groups excluding carboxylic acids is 1. The topological polar surface area (TPSA) is 63.7 Å². The summed E-state index contributed by atoms with van der Waals surface area (Å²) in [4.78, 5) is 19.5. The molecule has 1 saturated heterocycles. The highest BCUT2D eigenvalue weighted by Crippen LogP contribution is 2.42. The average Bonchev–Trinajstić information content (AvgIpc) is 3.23. The molecule has 4 rings (SSSR count). The van der Waals surface area contributed by atoms with E-state index in [0.29, 0.717) is 43.9 Å². The van der Waals surface area contributed by atoms with Gasteiger partial charge in [0.15, 0.2) is 0 Å². The lowest BCUT2D eigenvalue weighted by atomic mass is 9.74. The Labute approximate surface area is 192 Å². The number of hydrogen-bond acceptors (Lipinski definition) is 5. The molecular weight excluding hydrogens is 435 g/mol. The number of alkyl halides is 3. The van der Waals surface area contributed by atoms with Crippen molar-refractivity contribution >= 4 is 5.91 Å². The number of methoxy groups -OCH3 is 1. The first-order chi connectivity index (χ1) is 15.6. The first-order valence-electron chi connectivity index (χ1n) is 11.5. The second kappa shape index (κ2) is 9.35. The molecule has 3 heterocycles. The minimum atomic E-state index is -4.45. The molecule has 0 bridgehead atoms. The standard InChI is InChI=1S/C24H32F3N3O3/c1-15(2)23(7-4-18(11-23)29-20-6-9-33-14-21(20)32-3)22(31)30-8-5-19-16(13-30)10-17(12-28-19)24(25,26)27/h4,7,10,12,15,18,20-21,29H,5-6,8-9,11,13-14H2,1-3H3/t18-,20-,21-,23+/m1/s1. The number of hydrogen-bond donors (Lipinski definition) is 1. The van der Waals surface area contributed by atoms with E-state index in [-0.39, 0.29) is 36.6 Å². The number of halogens is 3. The normalized spacial score (nSPS) is 30.0. The third-order valence-corrected chi connectivity index (χ3v) is 7.30. The molecule has 33 heavy (non-hydrogen) atoms. The van der Waals surface area contributed by atoms with E-state index >= 15 is 0 Å². The number of nitrogens with zero attached hydrogens (tertiary/aromatic N) is 2. The maximum Gasteiger partial charge on any atom is 0.417 e. The summed E-state index contributed by atoms with van der Waals surface area (Å²) < 4.78 is 50.5. The summed E-state index contributed by atoms with van der Waals surface area (Å²) in [6.45, 7) is 5.87. The van der Waals surface area contributed by atoms with Crippen LogP contribution >= 0.6 is 0 Å². The summed E-state index contributed by atoms with van der Waals surface area (Å²) in [6.07, 6.45) is 2.35. The minimum absolute atomic E-state index is 0.0210. The zero-order valence-electron chi connectivity index (χ0n) is 19.3. The Morgan fingerprint density at radius 1 is 1.39 bits per heavy atom. The molecule has 1 aliphatic carbocycles. The summed E-state index contributed by atoms with van der Waals surface area (Å²) in [6, 6.07) is 1.30. The molecule has 9 heteroatoms. The van der Waals surface area contributed by atoms with Crippen LogP contribution in [-0.4, -0.2) is 60.8 Å². The molecule has 0 aromatic carbocycles. The van der Waals surface area contributed by atoms with Crippen molar-refractivity contribution in [3.63, 3.8) is 0 Å². The van der Waals surface area contributed by atoms with E-state index in [1.807, 2.05) is 19.9 Å². The monoisotopic (exact) mass is 467 g/mol. The van der Waals surface area contributed by atoms with Crippen LogP contribution in [0.25, 0.3) is 0 Å². The average molecular weight is 468 g/mol. The maximum atomic E-state index is 13.8. The van der Waals surface area contributed by atoms with Gasteiger partial charge in [0.25, 0.3) is 0 Å². The van der Waals surface area contributed by atoms with Gasteiger partial charge < -0.3 is 19.7 Å². The second-order valence-corrected chi connectivity index (χ2v) is 9.58. The van der Waals surface area contributed by atoms with Crippen molar-refractivity contribution in [3.05, 3.63) is 41.2 Å². The zero-order valence-corrected chi connectivity index (χ0v) is 19.3. The zero-order chi connectivity index (χ0) is 23.8. The SMILES string of the molecule is CO[C@@H]1COCC[C@H]1N[C@@H]1C=C[C@@](C(=O)N2CCc3ncc(C(F)(F)F)cc3C2)(C(C)C)C1. The number of rotatable bonds is 5. The molecule has 4 atom stereocenters. The van der Waals surface area contributed by atoms with E-state index in [2.05, 4.69) is 16.4 Å². The van der Waals surface area contributed by atoms with E-state index in [1.165, 1.54) is 0 Å². The number of pyridine rings is 1. The van der Waals surface area contributed by atoms with Crippen LogP contribution in [0.4, 0.5) is 13.2 Å². The number of amides is 1. The molecule has 1 fully saturated rings. The number of aromatic nitrogens is 1. The predicted octanol–water partition coefficient (Wildman–Crippen LogP) is 3.35. The van der Waals surface area contributed by atoms with Crippen LogP contribution in [0.2, 0.25) is 0 Å². The van der Waals surface area contributed by atoms with Gasteiger partial charge in [0.2, 0.25) is 5.91 Å².